The topological polar surface area (TPSA) is 121 Å². The van der Waals surface area contributed by atoms with Gasteiger partial charge in [-0.3, -0.25) is 4.79 Å². The van der Waals surface area contributed by atoms with Gasteiger partial charge in [-0.05, 0) is 68.6 Å². The van der Waals surface area contributed by atoms with Gasteiger partial charge in [-0.2, -0.15) is 4.72 Å². The summed E-state index contributed by atoms with van der Waals surface area (Å²) in [6, 6.07) is 3.78. The van der Waals surface area contributed by atoms with Gasteiger partial charge in [0, 0.05) is 0 Å². The Morgan fingerprint density at radius 2 is 1.88 bits per heavy atom. The molecule has 1 aromatic carbocycles. The van der Waals surface area contributed by atoms with E-state index in [2.05, 4.69) is 4.72 Å². The van der Waals surface area contributed by atoms with Crippen molar-refractivity contribution in [3.63, 3.8) is 0 Å². The Kier molecular flexibility index (Phi) is 4.60. The van der Waals surface area contributed by atoms with Crippen LogP contribution in [0.4, 0.5) is 0 Å². The molecule has 3 N–H and O–H groups in total. The third-order valence-corrected chi connectivity index (χ3v) is 7.59. The maximum atomic E-state index is 12.8. The lowest BCUT2D eigenvalue weighted by molar-refractivity contribution is -0.146. The lowest BCUT2D eigenvalue weighted by Gasteiger charge is -2.37. The number of aliphatic carboxylic acids is 1. The largest absolute Gasteiger partial charge is 0.480 e. The van der Waals surface area contributed by atoms with Crippen molar-refractivity contribution in [3.05, 3.63) is 29.3 Å². The highest BCUT2D eigenvalue weighted by molar-refractivity contribution is 7.89. The molecule has 0 spiro atoms. The summed E-state index contributed by atoms with van der Waals surface area (Å²) < 4.78 is 28.0. The average Bonchev–Trinajstić information content (AvgIpc) is 3.17. The van der Waals surface area contributed by atoms with Crippen molar-refractivity contribution in [3.8, 4) is 0 Å². The van der Waals surface area contributed by atoms with E-state index in [4.69, 9.17) is 0 Å². The summed E-state index contributed by atoms with van der Waals surface area (Å²) in [5.74, 6) is -2.03. The molecule has 8 heteroatoms. The molecule has 0 aromatic heterocycles. The van der Waals surface area contributed by atoms with Crippen LogP contribution in [0.15, 0.2) is 23.1 Å². The minimum atomic E-state index is -4.18. The van der Waals surface area contributed by atoms with Gasteiger partial charge in [0.05, 0.1) is 10.5 Å². The van der Waals surface area contributed by atoms with Crippen molar-refractivity contribution in [1.82, 2.24) is 4.72 Å². The van der Waals surface area contributed by atoms with Crippen LogP contribution < -0.4 is 4.72 Å². The summed E-state index contributed by atoms with van der Waals surface area (Å²) in [7, 11) is -4.18. The number of benzene rings is 1. The van der Waals surface area contributed by atoms with Gasteiger partial charge in [0.1, 0.15) is 5.54 Å². The first-order valence-electron chi connectivity index (χ1n) is 8.66. The molecule has 3 rings (SSSR count). The van der Waals surface area contributed by atoms with Crippen LogP contribution in [0.5, 0.6) is 0 Å². The maximum Gasteiger partial charge on any atom is 0.335 e. The Bertz CT molecular complexity index is 864. The smallest absolute Gasteiger partial charge is 0.335 e. The first-order chi connectivity index (χ1) is 12.0. The van der Waals surface area contributed by atoms with Crippen LogP contribution in [-0.2, 0) is 14.8 Å². The van der Waals surface area contributed by atoms with E-state index in [-0.39, 0.29) is 22.3 Å². The molecule has 2 saturated carbocycles. The number of carboxylic acid groups (broad SMARTS) is 2. The molecule has 2 fully saturated rings. The van der Waals surface area contributed by atoms with E-state index in [0.29, 0.717) is 17.9 Å². The normalized spacial score (nSPS) is 27.2. The second kappa shape index (κ2) is 6.35. The van der Waals surface area contributed by atoms with Gasteiger partial charge >= 0.3 is 11.9 Å². The van der Waals surface area contributed by atoms with Crippen LogP contribution in [0.25, 0.3) is 0 Å². The summed E-state index contributed by atoms with van der Waals surface area (Å²) in [4.78, 5) is 23.0. The molecule has 0 aliphatic heterocycles. The quantitative estimate of drug-likeness (QED) is 0.695. The van der Waals surface area contributed by atoms with Crippen molar-refractivity contribution in [1.29, 1.82) is 0 Å². The molecule has 0 saturated heterocycles. The number of nitrogens with one attached hydrogen (secondary N) is 1. The number of rotatable bonds is 6. The first-order valence-corrected chi connectivity index (χ1v) is 10.1. The lowest BCUT2D eigenvalue weighted by atomic mass is 9.75. The predicted octanol–water partition coefficient (Wildman–Crippen LogP) is 2.25. The second-order valence-corrected chi connectivity index (χ2v) is 9.36. The van der Waals surface area contributed by atoms with Crippen LogP contribution in [-0.4, -0.2) is 36.1 Å². The molecule has 2 bridgehead atoms. The van der Waals surface area contributed by atoms with Gasteiger partial charge in [-0.15, -0.1) is 0 Å². The van der Waals surface area contributed by atoms with E-state index in [1.807, 2.05) is 0 Å². The van der Waals surface area contributed by atoms with Gasteiger partial charge in [-0.1, -0.05) is 12.5 Å². The number of aromatic carboxylic acids is 1. The number of sulfonamides is 1. The summed E-state index contributed by atoms with van der Waals surface area (Å²) in [6.07, 6.45) is 3.64. The standard InChI is InChI=1S/C18H23NO6S/c1-10-3-6-13(9-14(10)16(20)21)26(24,25)19-18(2,17(22)23)15-8-11-4-5-12(15)7-11/h3,6,9,11-12,15,19H,4-5,7-8H2,1-2H3,(H,20,21)(H,22,23). The number of fused-ring (bicyclic) bond motifs is 2. The minimum Gasteiger partial charge on any atom is -0.480 e. The van der Waals surface area contributed by atoms with Crippen molar-refractivity contribution < 1.29 is 28.2 Å². The summed E-state index contributed by atoms with van der Waals surface area (Å²) in [5, 5.41) is 19.0. The zero-order chi connectivity index (χ0) is 19.3. The van der Waals surface area contributed by atoms with E-state index in [0.717, 1.165) is 25.3 Å². The average molecular weight is 381 g/mol. The van der Waals surface area contributed by atoms with Gasteiger partial charge < -0.3 is 10.2 Å². The van der Waals surface area contributed by atoms with Crippen LogP contribution >= 0.6 is 0 Å². The molecule has 2 aliphatic rings. The Morgan fingerprint density at radius 3 is 2.38 bits per heavy atom. The summed E-state index contributed by atoms with van der Waals surface area (Å²) in [6.45, 7) is 2.99. The fourth-order valence-electron chi connectivity index (χ4n) is 4.57. The number of carbonyl (C=O) groups is 2. The summed E-state index contributed by atoms with van der Waals surface area (Å²) in [5.41, 5.74) is -1.30. The molecule has 0 radical (unpaired) electrons. The Morgan fingerprint density at radius 1 is 1.19 bits per heavy atom. The third kappa shape index (κ3) is 3.12. The van der Waals surface area contributed by atoms with E-state index in [1.54, 1.807) is 6.92 Å². The molecule has 7 nitrogen and oxygen atoms in total. The fraction of sp³-hybridized carbons (Fsp3) is 0.556. The van der Waals surface area contributed by atoms with Gasteiger partial charge in [0.15, 0.2) is 0 Å². The van der Waals surface area contributed by atoms with Crippen molar-refractivity contribution >= 4 is 22.0 Å². The molecule has 4 atom stereocenters. The highest BCUT2D eigenvalue weighted by atomic mass is 32.2. The van der Waals surface area contributed by atoms with Crippen LogP contribution in [0.2, 0.25) is 0 Å². The van der Waals surface area contributed by atoms with Crippen LogP contribution in [0, 0.1) is 24.7 Å². The maximum absolute atomic E-state index is 12.8. The Balaban J connectivity index is 1.95. The van der Waals surface area contributed by atoms with Crippen LogP contribution in [0.3, 0.4) is 0 Å². The molecule has 26 heavy (non-hydrogen) atoms. The molecule has 4 unspecified atom stereocenters. The first kappa shape index (κ1) is 18.8. The number of hydrogen-bond donors (Lipinski definition) is 3. The zero-order valence-corrected chi connectivity index (χ0v) is 15.5. The Labute approximate surface area is 152 Å². The molecular formula is C18H23NO6S. The van der Waals surface area contributed by atoms with Crippen molar-refractivity contribution in [2.24, 2.45) is 17.8 Å². The van der Waals surface area contributed by atoms with E-state index in [9.17, 15) is 28.2 Å². The lowest BCUT2D eigenvalue weighted by Crippen LogP contribution is -2.58. The minimum absolute atomic E-state index is 0.121. The molecule has 142 valence electrons. The molecular weight excluding hydrogens is 358 g/mol. The van der Waals surface area contributed by atoms with E-state index >= 15 is 0 Å². The number of hydrogen-bond acceptors (Lipinski definition) is 4. The molecule has 1 aromatic rings. The monoisotopic (exact) mass is 381 g/mol. The zero-order valence-electron chi connectivity index (χ0n) is 14.7. The summed E-state index contributed by atoms with van der Waals surface area (Å²) >= 11 is 0. The van der Waals surface area contributed by atoms with Crippen molar-refractivity contribution in [2.75, 3.05) is 0 Å². The number of aryl methyl sites for hydroxylation is 1. The highest BCUT2D eigenvalue weighted by Crippen LogP contribution is 2.52. The fourth-order valence-corrected chi connectivity index (χ4v) is 6.00. The van der Waals surface area contributed by atoms with E-state index < -0.39 is 27.5 Å². The van der Waals surface area contributed by atoms with Crippen LogP contribution in [0.1, 0.15) is 48.5 Å². The van der Waals surface area contributed by atoms with Gasteiger partial charge in [0.25, 0.3) is 0 Å². The SMILES string of the molecule is Cc1ccc(S(=O)(=O)NC(C)(C(=O)O)C2CC3CCC2C3)cc1C(=O)O. The molecule has 0 amide bonds. The highest BCUT2D eigenvalue weighted by Gasteiger charge is 2.53. The third-order valence-electron chi connectivity index (χ3n) is 6.02. The van der Waals surface area contributed by atoms with Crippen molar-refractivity contribution in [2.45, 2.75) is 50.0 Å². The number of carboxylic acids is 2. The Hall–Kier alpha value is -1.93. The van der Waals surface area contributed by atoms with Gasteiger partial charge in [-0.25, -0.2) is 13.2 Å². The van der Waals surface area contributed by atoms with Gasteiger partial charge in [0.2, 0.25) is 10.0 Å². The molecule has 0 heterocycles. The van der Waals surface area contributed by atoms with E-state index in [1.165, 1.54) is 19.1 Å². The second-order valence-electron chi connectivity index (χ2n) is 7.68. The molecule has 2 aliphatic carbocycles. The predicted molar refractivity (Wildman–Crippen MR) is 93.4 cm³/mol.